The first-order chi connectivity index (χ1) is 19.9. The molecule has 3 aliphatic heterocycles. The van der Waals surface area contributed by atoms with Crippen molar-refractivity contribution in [2.75, 3.05) is 4.90 Å². The molecule has 3 aliphatic rings. The van der Waals surface area contributed by atoms with Crippen molar-refractivity contribution in [3.05, 3.63) is 113 Å². The van der Waals surface area contributed by atoms with Crippen LogP contribution < -0.4 is 15.8 Å². The van der Waals surface area contributed by atoms with Crippen LogP contribution in [0.4, 0.5) is 5.69 Å². The molecule has 202 valence electrons. The van der Waals surface area contributed by atoms with Crippen molar-refractivity contribution in [2.24, 2.45) is 17.8 Å². The van der Waals surface area contributed by atoms with Gasteiger partial charge in [-0.1, -0.05) is 80.6 Å². The van der Waals surface area contributed by atoms with Crippen LogP contribution >= 0.6 is 0 Å². The van der Waals surface area contributed by atoms with Gasteiger partial charge in [0.25, 0.3) is 5.56 Å². The molecule has 0 aliphatic carbocycles. The number of para-hydroxylation sites is 2. The first-order valence-electron chi connectivity index (χ1n) is 14.2. The largest absolute Gasteiger partial charge is 0.297 e. The number of imide groups is 1. The van der Waals surface area contributed by atoms with Gasteiger partial charge in [-0.2, -0.15) is 0 Å². The fraction of sp³-hybridized carbons (Fsp3) is 0.235. The van der Waals surface area contributed by atoms with Crippen LogP contribution in [0, 0.1) is 17.8 Å². The fourth-order valence-corrected chi connectivity index (χ4v) is 7.57. The molecule has 8 rings (SSSR count). The monoisotopic (exact) mass is 540 g/mol. The third kappa shape index (κ3) is 3.07. The maximum Gasteiger partial charge on any atom is 0.266 e. The second-order valence-electron chi connectivity index (χ2n) is 11.8. The maximum atomic E-state index is 14.8. The molecule has 7 nitrogen and oxygen atoms in total. The third-order valence-corrected chi connectivity index (χ3v) is 9.10. The summed E-state index contributed by atoms with van der Waals surface area (Å²) in [5.74, 6) is -1.08. The van der Waals surface area contributed by atoms with Crippen molar-refractivity contribution < 1.29 is 9.59 Å². The number of anilines is 1. The normalized spacial score (nSPS) is 24.6. The van der Waals surface area contributed by atoms with E-state index in [1.54, 1.807) is 10.6 Å². The van der Waals surface area contributed by atoms with Gasteiger partial charge in [0.05, 0.1) is 34.1 Å². The number of rotatable bonds is 3. The van der Waals surface area contributed by atoms with Crippen LogP contribution in [-0.2, 0) is 15.1 Å². The van der Waals surface area contributed by atoms with E-state index in [0.29, 0.717) is 34.5 Å². The van der Waals surface area contributed by atoms with E-state index in [1.165, 1.54) is 4.90 Å². The summed E-state index contributed by atoms with van der Waals surface area (Å²) in [6, 6.07) is 28.3. The second kappa shape index (κ2) is 8.44. The van der Waals surface area contributed by atoms with Gasteiger partial charge in [0, 0.05) is 17.0 Å². The predicted octanol–water partition coefficient (Wildman–Crippen LogP) is 4.92. The number of fused-ring (bicyclic) bond motifs is 9. The first kappa shape index (κ1) is 24.2. The zero-order valence-electron chi connectivity index (χ0n) is 22.7. The van der Waals surface area contributed by atoms with E-state index in [9.17, 15) is 14.4 Å². The van der Waals surface area contributed by atoms with Crippen LogP contribution in [0.5, 0.6) is 0 Å². The molecule has 4 heterocycles. The standard InChI is InChI=1S/C34H28N4O3/c1-19(2)18-25-28-29(32(41)37(31(28)40)26-17-9-11-20-10-3-4-12-21(20)26)34(36-25)23-14-6-8-16-27(23)38-30(39)22-13-5-7-15-24(22)35-33(34)38/h3-17,19,25,28-29,36H,18H2,1-2H3/t25?,28-,29+,34?/m0/s1. The number of carbonyl (C=O) groups is 2. The molecule has 1 N–H and O–H groups in total. The van der Waals surface area contributed by atoms with Crippen molar-refractivity contribution in [1.82, 2.24) is 14.9 Å². The third-order valence-electron chi connectivity index (χ3n) is 9.10. The Morgan fingerprint density at radius 3 is 2.32 bits per heavy atom. The molecule has 0 radical (unpaired) electrons. The van der Waals surface area contributed by atoms with Crippen LogP contribution in [-0.4, -0.2) is 27.4 Å². The Morgan fingerprint density at radius 2 is 1.49 bits per heavy atom. The number of aromatic nitrogens is 2. The SMILES string of the molecule is CC(C)CC1NC2(c3ccccc3-n3c2nc2ccccc2c3=O)[C@H]2C(=O)N(c3cccc4ccccc34)C(=O)[C@@H]12. The van der Waals surface area contributed by atoms with Crippen LogP contribution in [0.3, 0.4) is 0 Å². The highest BCUT2D eigenvalue weighted by Crippen LogP contribution is 2.56. The van der Waals surface area contributed by atoms with E-state index in [1.807, 2.05) is 84.9 Å². The molecule has 1 spiro atoms. The van der Waals surface area contributed by atoms with Gasteiger partial charge in [0.2, 0.25) is 11.8 Å². The van der Waals surface area contributed by atoms with Gasteiger partial charge in [-0.05, 0) is 42.0 Å². The quantitative estimate of drug-likeness (QED) is 0.329. The summed E-state index contributed by atoms with van der Waals surface area (Å²) < 4.78 is 1.65. The number of amides is 2. The molecule has 0 bridgehead atoms. The minimum atomic E-state index is -1.13. The summed E-state index contributed by atoms with van der Waals surface area (Å²) in [7, 11) is 0. The van der Waals surface area contributed by atoms with Crippen molar-refractivity contribution in [3.63, 3.8) is 0 Å². The minimum Gasteiger partial charge on any atom is -0.297 e. The van der Waals surface area contributed by atoms with E-state index in [2.05, 4.69) is 19.2 Å². The van der Waals surface area contributed by atoms with Gasteiger partial charge in [-0.3, -0.25) is 24.3 Å². The number of nitrogens with zero attached hydrogens (tertiary/aromatic N) is 3. The lowest BCUT2D eigenvalue weighted by Gasteiger charge is -2.32. The lowest BCUT2D eigenvalue weighted by atomic mass is 9.75. The van der Waals surface area contributed by atoms with Crippen molar-refractivity contribution in [3.8, 4) is 5.69 Å². The summed E-state index contributed by atoms with van der Waals surface area (Å²) >= 11 is 0. The van der Waals surface area contributed by atoms with Gasteiger partial charge >= 0.3 is 0 Å². The lowest BCUT2D eigenvalue weighted by Crippen LogP contribution is -2.50. The van der Waals surface area contributed by atoms with E-state index in [0.717, 1.165) is 16.3 Å². The number of carbonyl (C=O) groups excluding carboxylic acids is 2. The van der Waals surface area contributed by atoms with Crippen LogP contribution in [0.2, 0.25) is 0 Å². The number of benzene rings is 4. The van der Waals surface area contributed by atoms with Gasteiger partial charge in [-0.25, -0.2) is 9.88 Å². The van der Waals surface area contributed by atoms with E-state index in [4.69, 9.17) is 4.98 Å². The zero-order chi connectivity index (χ0) is 28.0. The topological polar surface area (TPSA) is 84.3 Å². The van der Waals surface area contributed by atoms with Gasteiger partial charge in [0.15, 0.2) is 0 Å². The van der Waals surface area contributed by atoms with Gasteiger partial charge in [0.1, 0.15) is 11.4 Å². The smallest absolute Gasteiger partial charge is 0.266 e. The first-order valence-corrected chi connectivity index (χ1v) is 14.2. The summed E-state index contributed by atoms with van der Waals surface area (Å²) in [5.41, 5.74) is 1.37. The Balaban J connectivity index is 1.41. The average molecular weight is 541 g/mol. The summed E-state index contributed by atoms with van der Waals surface area (Å²) in [6.45, 7) is 4.25. The molecule has 2 fully saturated rings. The lowest BCUT2D eigenvalue weighted by molar-refractivity contribution is -0.123. The summed E-state index contributed by atoms with van der Waals surface area (Å²) in [4.78, 5) is 49.7. The van der Waals surface area contributed by atoms with Gasteiger partial charge < -0.3 is 0 Å². The Kier molecular flexibility index (Phi) is 4.98. The van der Waals surface area contributed by atoms with E-state index < -0.39 is 17.4 Å². The number of hydrogen-bond acceptors (Lipinski definition) is 5. The summed E-state index contributed by atoms with van der Waals surface area (Å²) in [6.07, 6.45) is 0.700. The highest BCUT2D eigenvalue weighted by molar-refractivity contribution is 6.26. The van der Waals surface area contributed by atoms with Crippen LogP contribution in [0.25, 0.3) is 27.4 Å². The predicted molar refractivity (Wildman–Crippen MR) is 158 cm³/mol. The molecule has 2 amide bonds. The maximum absolute atomic E-state index is 14.8. The van der Waals surface area contributed by atoms with Crippen LogP contribution in [0.1, 0.15) is 31.7 Å². The van der Waals surface area contributed by atoms with Crippen LogP contribution in [0.15, 0.2) is 95.8 Å². The molecule has 4 atom stereocenters. The van der Waals surface area contributed by atoms with Crippen molar-refractivity contribution in [1.29, 1.82) is 0 Å². The Hall–Kier alpha value is -4.62. The summed E-state index contributed by atoms with van der Waals surface area (Å²) in [5, 5.41) is 6.12. The zero-order valence-corrected chi connectivity index (χ0v) is 22.7. The molecule has 2 unspecified atom stereocenters. The Morgan fingerprint density at radius 1 is 0.805 bits per heavy atom. The second-order valence-corrected chi connectivity index (χ2v) is 11.8. The molecule has 1 aromatic heterocycles. The molecular weight excluding hydrogens is 512 g/mol. The minimum absolute atomic E-state index is 0.178. The molecule has 2 saturated heterocycles. The highest BCUT2D eigenvalue weighted by atomic mass is 16.2. The number of nitrogens with one attached hydrogen (secondary N) is 1. The van der Waals surface area contributed by atoms with Crippen molar-refractivity contribution in [2.45, 2.75) is 31.8 Å². The molecule has 0 saturated carbocycles. The van der Waals surface area contributed by atoms with Crippen molar-refractivity contribution >= 4 is 39.2 Å². The Bertz CT molecular complexity index is 1990. The molecule has 7 heteroatoms. The molecule has 5 aromatic rings. The molecule has 4 aromatic carbocycles. The fourth-order valence-electron chi connectivity index (χ4n) is 7.57. The Labute approximate surface area is 236 Å². The molecular formula is C34H28N4O3. The highest BCUT2D eigenvalue weighted by Gasteiger charge is 2.69. The number of hydrogen-bond donors (Lipinski definition) is 1. The van der Waals surface area contributed by atoms with E-state index in [-0.39, 0.29) is 29.3 Å². The average Bonchev–Trinajstić information content (AvgIpc) is 3.55. The van der Waals surface area contributed by atoms with E-state index >= 15 is 0 Å². The molecule has 41 heavy (non-hydrogen) atoms. The van der Waals surface area contributed by atoms with Gasteiger partial charge in [-0.15, -0.1) is 0 Å².